The summed E-state index contributed by atoms with van der Waals surface area (Å²) in [6, 6.07) is 4.17. The van der Waals surface area contributed by atoms with Gasteiger partial charge in [0.1, 0.15) is 11.9 Å². The molecule has 3 rings (SSSR count). The molecule has 2 aliphatic rings. The molecule has 9 nitrogen and oxygen atoms in total. The van der Waals surface area contributed by atoms with Crippen LogP contribution < -0.4 is 16.0 Å². The Hall–Kier alpha value is -3.21. The van der Waals surface area contributed by atoms with Crippen molar-refractivity contribution in [2.45, 2.75) is 18.9 Å². The SMILES string of the molecule is O=C(CCC1NC(=O)NC1=O)NCCN1C(=O)S/C(=C/c2ccc(F)cc2)C1=O. The fraction of sp³-hybridized carbons (Fsp3) is 0.278. The number of hydrogen-bond acceptors (Lipinski definition) is 6. The Labute approximate surface area is 169 Å². The third-order valence-corrected chi connectivity index (χ3v) is 5.12. The first kappa shape index (κ1) is 20.5. The summed E-state index contributed by atoms with van der Waals surface area (Å²) < 4.78 is 13.0. The van der Waals surface area contributed by atoms with Crippen LogP contribution in [0.1, 0.15) is 18.4 Å². The van der Waals surface area contributed by atoms with Crippen LogP contribution in [0.15, 0.2) is 29.2 Å². The Morgan fingerprint density at radius 1 is 1.21 bits per heavy atom. The van der Waals surface area contributed by atoms with Gasteiger partial charge >= 0.3 is 6.03 Å². The van der Waals surface area contributed by atoms with Gasteiger partial charge in [-0.15, -0.1) is 0 Å². The minimum Gasteiger partial charge on any atom is -0.354 e. The predicted octanol–water partition coefficient (Wildman–Crippen LogP) is 0.966. The van der Waals surface area contributed by atoms with Gasteiger partial charge in [-0.1, -0.05) is 12.1 Å². The molecule has 2 fully saturated rings. The van der Waals surface area contributed by atoms with Crippen LogP contribution in [0, 0.1) is 5.82 Å². The van der Waals surface area contributed by atoms with Gasteiger partial charge in [0.2, 0.25) is 5.91 Å². The Balaban J connectivity index is 1.45. The highest BCUT2D eigenvalue weighted by atomic mass is 32.2. The molecule has 2 aliphatic heterocycles. The molecule has 1 unspecified atom stereocenters. The molecule has 152 valence electrons. The zero-order valence-corrected chi connectivity index (χ0v) is 15.9. The van der Waals surface area contributed by atoms with Crippen molar-refractivity contribution in [2.24, 2.45) is 0 Å². The highest BCUT2D eigenvalue weighted by molar-refractivity contribution is 8.18. The quantitative estimate of drug-likeness (QED) is 0.446. The van der Waals surface area contributed by atoms with E-state index in [-0.39, 0.29) is 36.7 Å². The number of hydrogen-bond donors (Lipinski definition) is 3. The van der Waals surface area contributed by atoms with Crippen molar-refractivity contribution >= 4 is 46.8 Å². The van der Waals surface area contributed by atoms with E-state index in [0.29, 0.717) is 5.56 Å². The lowest BCUT2D eigenvalue weighted by atomic mass is 10.1. The lowest BCUT2D eigenvalue weighted by Crippen LogP contribution is -2.38. The van der Waals surface area contributed by atoms with E-state index in [2.05, 4.69) is 16.0 Å². The van der Waals surface area contributed by atoms with Gasteiger partial charge in [-0.3, -0.25) is 29.4 Å². The van der Waals surface area contributed by atoms with Crippen LogP contribution in [-0.2, 0) is 14.4 Å². The minimum absolute atomic E-state index is 0.00217. The van der Waals surface area contributed by atoms with Crippen LogP contribution in [0.3, 0.4) is 0 Å². The number of imide groups is 2. The average Bonchev–Trinajstić information content (AvgIpc) is 3.13. The summed E-state index contributed by atoms with van der Waals surface area (Å²) >= 11 is 0.775. The molecule has 2 saturated heterocycles. The van der Waals surface area contributed by atoms with E-state index in [9.17, 15) is 28.4 Å². The number of carbonyl (C=O) groups excluding carboxylic acids is 5. The third-order valence-electron chi connectivity index (χ3n) is 4.22. The molecule has 0 saturated carbocycles. The molecule has 29 heavy (non-hydrogen) atoms. The third kappa shape index (κ3) is 5.19. The number of carbonyl (C=O) groups is 5. The molecule has 1 aromatic rings. The molecule has 0 aromatic heterocycles. The van der Waals surface area contributed by atoms with E-state index in [1.165, 1.54) is 30.3 Å². The number of amides is 6. The first-order chi connectivity index (χ1) is 13.8. The van der Waals surface area contributed by atoms with Crippen molar-refractivity contribution in [3.63, 3.8) is 0 Å². The van der Waals surface area contributed by atoms with E-state index in [4.69, 9.17) is 0 Å². The molecule has 0 spiro atoms. The van der Waals surface area contributed by atoms with Gasteiger partial charge in [-0.2, -0.15) is 0 Å². The Kier molecular flexibility index (Phi) is 6.27. The number of nitrogens with one attached hydrogen (secondary N) is 3. The van der Waals surface area contributed by atoms with Gasteiger partial charge in [0.05, 0.1) is 4.91 Å². The Morgan fingerprint density at radius 3 is 2.59 bits per heavy atom. The monoisotopic (exact) mass is 420 g/mol. The zero-order chi connectivity index (χ0) is 21.0. The van der Waals surface area contributed by atoms with Crippen LogP contribution in [0.5, 0.6) is 0 Å². The molecule has 2 heterocycles. The Bertz CT molecular complexity index is 902. The molecule has 0 radical (unpaired) electrons. The van der Waals surface area contributed by atoms with Crippen molar-refractivity contribution in [3.8, 4) is 0 Å². The summed E-state index contributed by atoms with van der Waals surface area (Å²) in [7, 11) is 0. The number of rotatable bonds is 7. The zero-order valence-electron chi connectivity index (χ0n) is 15.1. The van der Waals surface area contributed by atoms with Gasteiger partial charge in [-0.25, -0.2) is 9.18 Å². The van der Waals surface area contributed by atoms with Crippen LogP contribution in [0.4, 0.5) is 14.0 Å². The maximum absolute atomic E-state index is 13.0. The van der Waals surface area contributed by atoms with Crippen molar-refractivity contribution in [3.05, 3.63) is 40.6 Å². The van der Waals surface area contributed by atoms with E-state index in [1.807, 2.05) is 0 Å². The average molecular weight is 420 g/mol. The van der Waals surface area contributed by atoms with Gasteiger partial charge in [0.15, 0.2) is 0 Å². The van der Waals surface area contributed by atoms with Crippen LogP contribution in [-0.4, -0.2) is 53.0 Å². The second-order valence-corrected chi connectivity index (χ2v) is 7.28. The second-order valence-electron chi connectivity index (χ2n) is 6.29. The van der Waals surface area contributed by atoms with Crippen LogP contribution in [0.2, 0.25) is 0 Å². The fourth-order valence-electron chi connectivity index (χ4n) is 2.74. The summed E-state index contributed by atoms with van der Waals surface area (Å²) in [5.74, 6) is -1.73. The largest absolute Gasteiger partial charge is 0.354 e. The summed E-state index contributed by atoms with van der Waals surface area (Å²) in [5.41, 5.74) is 0.591. The summed E-state index contributed by atoms with van der Waals surface area (Å²) in [4.78, 5) is 59.9. The van der Waals surface area contributed by atoms with E-state index in [1.54, 1.807) is 0 Å². The highest BCUT2D eigenvalue weighted by Gasteiger charge is 2.34. The molecule has 11 heteroatoms. The number of halogens is 1. The van der Waals surface area contributed by atoms with E-state index < -0.39 is 34.9 Å². The molecule has 3 N–H and O–H groups in total. The molecule has 0 aliphatic carbocycles. The van der Waals surface area contributed by atoms with Crippen molar-refractivity contribution in [1.82, 2.24) is 20.9 Å². The van der Waals surface area contributed by atoms with Crippen molar-refractivity contribution in [2.75, 3.05) is 13.1 Å². The molecular formula is C18H17FN4O5S. The normalized spacial score (nSPS) is 20.2. The van der Waals surface area contributed by atoms with Gasteiger partial charge in [0, 0.05) is 19.5 Å². The molecule has 0 bridgehead atoms. The maximum Gasteiger partial charge on any atom is 0.322 e. The number of benzene rings is 1. The van der Waals surface area contributed by atoms with Gasteiger partial charge in [-0.05, 0) is 42.0 Å². The topological polar surface area (TPSA) is 125 Å². The maximum atomic E-state index is 13.0. The number of urea groups is 1. The molecule has 1 aromatic carbocycles. The van der Waals surface area contributed by atoms with Crippen molar-refractivity contribution in [1.29, 1.82) is 0 Å². The Morgan fingerprint density at radius 2 is 1.93 bits per heavy atom. The minimum atomic E-state index is -0.745. The first-order valence-electron chi connectivity index (χ1n) is 8.72. The van der Waals surface area contributed by atoms with Gasteiger partial charge < -0.3 is 10.6 Å². The fourth-order valence-corrected chi connectivity index (χ4v) is 3.60. The molecule has 6 amide bonds. The highest BCUT2D eigenvalue weighted by Crippen LogP contribution is 2.31. The molecular weight excluding hydrogens is 403 g/mol. The number of nitrogens with zero attached hydrogens (tertiary/aromatic N) is 1. The second kappa shape index (κ2) is 8.86. The van der Waals surface area contributed by atoms with Crippen LogP contribution in [0.25, 0.3) is 6.08 Å². The van der Waals surface area contributed by atoms with Crippen LogP contribution >= 0.6 is 11.8 Å². The lowest BCUT2D eigenvalue weighted by Gasteiger charge is -2.13. The smallest absolute Gasteiger partial charge is 0.322 e. The first-order valence-corrected chi connectivity index (χ1v) is 9.54. The van der Waals surface area contributed by atoms with E-state index >= 15 is 0 Å². The molecule has 1 atom stereocenters. The predicted molar refractivity (Wildman–Crippen MR) is 102 cm³/mol. The number of thioether (sulfide) groups is 1. The standard InChI is InChI=1S/C18H17FN4O5S/c19-11-3-1-10(2-4-11)9-13-16(26)23(18(28)29-13)8-7-20-14(24)6-5-12-15(25)22-17(27)21-12/h1-4,9,12H,5-8H2,(H,20,24)(H2,21,22,25,27)/b13-9+. The van der Waals surface area contributed by atoms with E-state index in [0.717, 1.165) is 16.7 Å². The lowest BCUT2D eigenvalue weighted by molar-refractivity contribution is -0.124. The summed E-state index contributed by atoms with van der Waals surface area (Å²) in [5, 5.41) is 6.58. The summed E-state index contributed by atoms with van der Waals surface area (Å²) in [6.45, 7) is 0.0573. The van der Waals surface area contributed by atoms with Gasteiger partial charge in [0.25, 0.3) is 17.1 Å². The van der Waals surface area contributed by atoms with Crippen molar-refractivity contribution < 1.29 is 28.4 Å². The summed E-state index contributed by atoms with van der Waals surface area (Å²) in [6.07, 6.45) is 1.65.